The lowest BCUT2D eigenvalue weighted by Gasteiger charge is -2.19. The fourth-order valence-corrected chi connectivity index (χ4v) is 1.95. The van der Waals surface area contributed by atoms with Crippen LogP contribution in [-0.4, -0.2) is 23.2 Å². The molecule has 1 amide bonds. The fourth-order valence-electron chi connectivity index (χ4n) is 1.95. The zero-order valence-electron chi connectivity index (χ0n) is 13.5. The molecule has 0 spiro atoms. The van der Waals surface area contributed by atoms with E-state index in [1.807, 2.05) is 39.0 Å². The van der Waals surface area contributed by atoms with Gasteiger partial charge < -0.3 is 15.0 Å². The predicted octanol–water partition coefficient (Wildman–Crippen LogP) is 2.79. The molecule has 0 saturated carbocycles. The third kappa shape index (κ3) is 5.51. The van der Waals surface area contributed by atoms with Crippen LogP contribution < -0.4 is 10.9 Å². The Morgan fingerprint density at radius 1 is 1.26 bits per heavy atom. The van der Waals surface area contributed by atoms with E-state index in [-0.39, 0.29) is 5.56 Å². The smallest absolute Gasteiger partial charge is 0.407 e. The van der Waals surface area contributed by atoms with E-state index in [1.54, 1.807) is 12.3 Å². The minimum atomic E-state index is -0.501. The Kier molecular flexibility index (Phi) is 5.07. The van der Waals surface area contributed by atoms with Crippen LogP contribution in [0.3, 0.4) is 0 Å². The number of amides is 1. The molecule has 0 aliphatic rings. The number of alkyl carbamates (subject to hydrolysis) is 1. The summed E-state index contributed by atoms with van der Waals surface area (Å²) in [6, 6.07) is 7.23. The maximum absolute atomic E-state index is 11.5. The lowest BCUT2D eigenvalue weighted by atomic mass is 10.1. The molecule has 1 heterocycles. The first-order chi connectivity index (χ1) is 10.8. The molecule has 120 valence electrons. The van der Waals surface area contributed by atoms with Gasteiger partial charge in [0, 0.05) is 30.8 Å². The Hall–Kier alpha value is -2.74. The van der Waals surface area contributed by atoms with Crippen molar-refractivity contribution in [3.8, 4) is 11.8 Å². The molecule has 1 aromatic carbocycles. The summed E-state index contributed by atoms with van der Waals surface area (Å²) in [7, 11) is 0. The number of aromatic amines is 1. The third-order valence-electron chi connectivity index (χ3n) is 2.89. The van der Waals surface area contributed by atoms with Crippen molar-refractivity contribution in [1.82, 2.24) is 10.3 Å². The van der Waals surface area contributed by atoms with Crippen LogP contribution in [0.4, 0.5) is 4.79 Å². The summed E-state index contributed by atoms with van der Waals surface area (Å²) in [5, 5.41) is 4.47. The summed E-state index contributed by atoms with van der Waals surface area (Å²) in [4.78, 5) is 25.4. The maximum Gasteiger partial charge on any atom is 0.407 e. The van der Waals surface area contributed by atoms with Gasteiger partial charge in [0.25, 0.3) is 0 Å². The number of ether oxygens (including phenoxy) is 1. The van der Waals surface area contributed by atoms with Crippen LogP contribution in [-0.2, 0) is 4.74 Å². The van der Waals surface area contributed by atoms with Gasteiger partial charge in [-0.2, -0.15) is 0 Å². The highest BCUT2D eigenvalue weighted by Crippen LogP contribution is 2.12. The molecule has 2 rings (SSSR count). The van der Waals surface area contributed by atoms with Crippen molar-refractivity contribution in [1.29, 1.82) is 0 Å². The van der Waals surface area contributed by atoms with Gasteiger partial charge in [0.1, 0.15) is 5.60 Å². The van der Waals surface area contributed by atoms with Gasteiger partial charge in [-0.15, -0.1) is 0 Å². The Bertz CT molecular complexity index is 820. The number of carbonyl (C=O) groups excluding carboxylic acids is 1. The molecule has 0 bridgehead atoms. The molecule has 0 aliphatic carbocycles. The summed E-state index contributed by atoms with van der Waals surface area (Å²) in [6.07, 6.45) is 1.76. The van der Waals surface area contributed by atoms with Crippen LogP contribution in [0.15, 0.2) is 35.3 Å². The minimum Gasteiger partial charge on any atom is -0.444 e. The molecule has 1 aromatic heterocycles. The summed E-state index contributed by atoms with van der Waals surface area (Å²) in [6.45, 7) is 5.88. The monoisotopic (exact) mass is 312 g/mol. The van der Waals surface area contributed by atoms with Crippen LogP contribution in [0.5, 0.6) is 0 Å². The normalized spacial score (nSPS) is 10.7. The highest BCUT2D eigenvalue weighted by atomic mass is 16.6. The number of nitrogens with one attached hydrogen (secondary N) is 2. The number of benzene rings is 1. The standard InChI is InChI=1S/C18H20N2O3/c1-18(2,3)23-17(22)19-9-5-4-6-13-7-8-14-12-20-16(21)11-15(14)10-13/h7-8,10-12H,5,9H2,1-3H3,(H,19,22)(H,20,21). The van der Waals surface area contributed by atoms with E-state index in [4.69, 9.17) is 4.74 Å². The van der Waals surface area contributed by atoms with Gasteiger partial charge in [0.05, 0.1) is 0 Å². The highest BCUT2D eigenvalue weighted by Gasteiger charge is 2.15. The second kappa shape index (κ2) is 7.01. The highest BCUT2D eigenvalue weighted by molar-refractivity contribution is 5.82. The van der Waals surface area contributed by atoms with Crippen LogP contribution in [0, 0.1) is 11.8 Å². The largest absolute Gasteiger partial charge is 0.444 e. The topological polar surface area (TPSA) is 71.2 Å². The first-order valence-corrected chi connectivity index (χ1v) is 7.42. The van der Waals surface area contributed by atoms with Crippen molar-refractivity contribution >= 4 is 16.9 Å². The molecule has 0 unspecified atom stereocenters. The maximum atomic E-state index is 11.5. The predicted molar refractivity (Wildman–Crippen MR) is 90.3 cm³/mol. The molecule has 0 aliphatic heterocycles. The second-order valence-corrected chi connectivity index (χ2v) is 6.12. The Morgan fingerprint density at radius 2 is 2.04 bits per heavy atom. The van der Waals surface area contributed by atoms with Crippen molar-refractivity contribution in [3.63, 3.8) is 0 Å². The first-order valence-electron chi connectivity index (χ1n) is 7.42. The average molecular weight is 312 g/mol. The molecule has 0 atom stereocenters. The number of H-pyrrole nitrogens is 1. The lowest BCUT2D eigenvalue weighted by molar-refractivity contribution is 0.0529. The number of fused-ring (bicyclic) bond motifs is 1. The molecular formula is C18H20N2O3. The van der Waals surface area contributed by atoms with Crippen LogP contribution >= 0.6 is 0 Å². The molecule has 0 radical (unpaired) electrons. The molecule has 0 saturated heterocycles. The zero-order chi connectivity index (χ0) is 16.9. The number of pyridine rings is 1. The summed E-state index contributed by atoms with van der Waals surface area (Å²) >= 11 is 0. The van der Waals surface area contributed by atoms with Gasteiger partial charge in [0.15, 0.2) is 0 Å². The van der Waals surface area contributed by atoms with E-state index in [9.17, 15) is 9.59 Å². The van der Waals surface area contributed by atoms with Crippen molar-refractivity contribution in [2.24, 2.45) is 0 Å². The van der Waals surface area contributed by atoms with Gasteiger partial charge in [-0.1, -0.05) is 17.9 Å². The van der Waals surface area contributed by atoms with Gasteiger partial charge in [0.2, 0.25) is 5.56 Å². The SMILES string of the molecule is CC(C)(C)OC(=O)NCCC#Cc1ccc2c[nH]c(=O)cc2c1. The van der Waals surface area contributed by atoms with Crippen LogP contribution in [0.2, 0.25) is 0 Å². The summed E-state index contributed by atoms with van der Waals surface area (Å²) in [5.74, 6) is 6.02. The van der Waals surface area contributed by atoms with Gasteiger partial charge in [-0.25, -0.2) is 4.79 Å². The number of rotatable bonds is 2. The second-order valence-electron chi connectivity index (χ2n) is 6.12. The van der Waals surface area contributed by atoms with Gasteiger partial charge in [-0.3, -0.25) is 4.79 Å². The molecule has 2 N–H and O–H groups in total. The zero-order valence-corrected chi connectivity index (χ0v) is 13.5. The molecule has 5 heteroatoms. The quantitative estimate of drug-likeness (QED) is 0.661. The van der Waals surface area contributed by atoms with Crippen molar-refractivity contribution in [2.45, 2.75) is 32.8 Å². The number of aromatic nitrogens is 1. The first kappa shape index (κ1) is 16.6. The van der Waals surface area contributed by atoms with E-state index in [1.165, 1.54) is 0 Å². The number of hydrogen-bond acceptors (Lipinski definition) is 3. The number of hydrogen-bond donors (Lipinski definition) is 2. The fraction of sp³-hybridized carbons (Fsp3) is 0.333. The summed E-state index contributed by atoms with van der Waals surface area (Å²) in [5.41, 5.74) is 0.197. The molecular weight excluding hydrogens is 292 g/mol. The van der Waals surface area contributed by atoms with Crippen LogP contribution in [0.1, 0.15) is 32.8 Å². The van der Waals surface area contributed by atoms with Crippen molar-refractivity contribution < 1.29 is 9.53 Å². The lowest BCUT2D eigenvalue weighted by Crippen LogP contribution is -2.32. The van der Waals surface area contributed by atoms with E-state index in [0.717, 1.165) is 16.3 Å². The van der Waals surface area contributed by atoms with Gasteiger partial charge >= 0.3 is 6.09 Å². The van der Waals surface area contributed by atoms with E-state index >= 15 is 0 Å². The number of carbonyl (C=O) groups is 1. The van der Waals surface area contributed by atoms with E-state index < -0.39 is 11.7 Å². The molecule has 5 nitrogen and oxygen atoms in total. The van der Waals surface area contributed by atoms with Crippen molar-refractivity contribution in [3.05, 3.63) is 46.4 Å². The molecule has 2 aromatic rings. The summed E-state index contributed by atoms with van der Waals surface area (Å²) < 4.78 is 5.13. The third-order valence-corrected chi connectivity index (χ3v) is 2.89. The molecule has 23 heavy (non-hydrogen) atoms. The van der Waals surface area contributed by atoms with E-state index in [0.29, 0.717) is 13.0 Å². The Morgan fingerprint density at radius 3 is 2.78 bits per heavy atom. The van der Waals surface area contributed by atoms with Gasteiger partial charge in [-0.05, 0) is 43.7 Å². The van der Waals surface area contributed by atoms with Crippen LogP contribution in [0.25, 0.3) is 10.8 Å². The Labute approximate surface area is 135 Å². The average Bonchev–Trinajstić information content (AvgIpc) is 2.44. The van der Waals surface area contributed by atoms with E-state index in [2.05, 4.69) is 22.1 Å². The molecule has 0 fully saturated rings. The van der Waals surface area contributed by atoms with Crippen molar-refractivity contribution in [2.75, 3.05) is 6.54 Å². The minimum absolute atomic E-state index is 0.135. The Balaban J connectivity index is 1.90.